The molecule has 0 aliphatic heterocycles. The van der Waals surface area contributed by atoms with Gasteiger partial charge in [-0.25, -0.2) is 0 Å². The predicted molar refractivity (Wildman–Crippen MR) is 80.3 cm³/mol. The Balaban J connectivity index is 1.86. The first-order valence-electron chi connectivity index (χ1n) is 6.93. The van der Waals surface area contributed by atoms with E-state index in [0.717, 1.165) is 16.4 Å². The van der Waals surface area contributed by atoms with Crippen LogP contribution in [0.15, 0.2) is 36.5 Å². The van der Waals surface area contributed by atoms with Crippen molar-refractivity contribution >= 4 is 11.6 Å². The van der Waals surface area contributed by atoms with Crippen LogP contribution in [0, 0.1) is 0 Å². The Bertz CT molecular complexity index is 662. The van der Waals surface area contributed by atoms with Gasteiger partial charge in [0.1, 0.15) is 0 Å². The number of carbonyl (C=O) groups excluding carboxylic acids is 1. The number of aromatic nitrogens is 2. The topological polar surface area (TPSA) is 50.2 Å². The van der Waals surface area contributed by atoms with Crippen molar-refractivity contribution in [1.29, 1.82) is 0 Å². The largest absolute Gasteiger partial charge is 0.435 e. The number of hydrogen-bond donors (Lipinski definition) is 1. The highest BCUT2D eigenvalue weighted by Crippen LogP contribution is 2.27. The quantitative estimate of drug-likeness (QED) is 0.918. The van der Waals surface area contributed by atoms with Gasteiger partial charge in [-0.05, 0) is 30.3 Å². The molecule has 2 aromatic rings. The highest BCUT2D eigenvalue weighted by atomic mass is 19.4. The van der Waals surface area contributed by atoms with Crippen molar-refractivity contribution in [2.45, 2.75) is 12.7 Å². The SMILES string of the molecule is CN(C)c1ccc(C(=O)NCCn2ccc(C(F)(F)F)n2)cc1. The van der Waals surface area contributed by atoms with Gasteiger partial charge in [0.25, 0.3) is 5.91 Å². The van der Waals surface area contributed by atoms with E-state index < -0.39 is 11.9 Å². The first kappa shape index (κ1) is 16.9. The molecule has 0 atom stereocenters. The van der Waals surface area contributed by atoms with Crippen LogP contribution in [0.5, 0.6) is 0 Å². The van der Waals surface area contributed by atoms with E-state index in [1.54, 1.807) is 12.1 Å². The zero-order chi connectivity index (χ0) is 17.0. The van der Waals surface area contributed by atoms with E-state index in [0.29, 0.717) is 5.56 Å². The maximum Gasteiger partial charge on any atom is 0.435 e. The van der Waals surface area contributed by atoms with Crippen LogP contribution in [0.1, 0.15) is 16.1 Å². The fraction of sp³-hybridized carbons (Fsp3) is 0.333. The molecule has 0 bridgehead atoms. The minimum atomic E-state index is -4.46. The van der Waals surface area contributed by atoms with Crippen molar-refractivity contribution in [3.63, 3.8) is 0 Å². The molecular weight excluding hydrogens is 309 g/mol. The first-order valence-corrected chi connectivity index (χ1v) is 6.93. The van der Waals surface area contributed by atoms with Crippen LogP contribution < -0.4 is 10.2 Å². The van der Waals surface area contributed by atoms with E-state index in [1.165, 1.54) is 6.20 Å². The van der Waals surface area contributed by atoms with E-state index in [-0.39, 0.29) is 19.0 Å². The number of benzene rings is 1. The maximum atomic E-state index is 12.4. The van der Waals surface area contributed by atoms with Crippen LogP contribution in [0.25, 0.3) is 0 Å². The molecule has 0 aliphatic rings. The Kier molecular flexibility index (Phi) is 4.92. The van der Waals surface area contributed by atoms with E-state index in [4.69, 9.17) is 0 Å². The lowest BCUT2D eigenvalue weighted by atomic mass is 10.2. The molecule has 1 aromatic carbocycles. The van der Waals surface area contributed by atoms with Crippen molar-refractivity contribution in [1.82, 2.24) is 15.1 Å². The molecule has 0 saturated heterocycles. The van der Waals surface area contributed by atoms with Gasteiger partial charge in [-0.2, -0.15) is 18.3 Å². The lowest BCUT2D eigenvalue weighted by molar-refractivity contribution is -0.141. The number of hydrogen-bond acceptors (Lipinski definition) is 3. The number of nitrogens with one attached hydrogen (secondary N) is 1. The molecule has 1 heterocycles. The molecule has 0 aliphatic carbocycles. The average Bonchev–Trinajstić information content (AvgIpc) is 2.96. The first-order chi connectivity index (χ1) is 10.8. The molecular formula is C15H17F3N4O. The van der Waals surface area contributed by atoms with Crippen LogP contribution >= 0.6 is 0 Å². The summed E-state index contributed by atoms with van der Waals surface area (Å²) < 4.78 is 38.4. The lowest BCUT2D eigenvalue weighted by Gasteiger charge is -2.12. The molecule has 23 heavy (non-hydrogen) atoms. The number of rotatable bonds is 5. The van der Waals surface area contributed by atoms with Crippen molar-refractivity contribution < 1.29 is 18.0 Å². The van der Waals surface area contributed by atoms with Crippen LogP contribution in [-0.4, -0.2) is 36.3 Å². The van der Waals surface area contributed by atoms with E-state index in [2.05, 4.69) is 10.4 Å². The highest BCUT2D eigenvalue weighted by Gasteiger charge is 2.33. The fourth-order valence-corrected chi connectivity index (χ4v) is 1.93. The smallest absolute Gasteiger partial charge is 0.378 e. The van der Waals surface area contributed by atoms with Crippen molar-refractivity contribution in [3.8, 4) is 0 Å². The number of carbonyl (C=O) groups is 1. The Morgan fingerprint density at radius 1 is 1.22 bits per heavy atom. The monoisotopic (exact) mass is 326 g/mol. The summed E-state index contributed by atoms with van der Waals surface area (Å²) in [4.78, 5) is 13.9. The van der Waals surface area contributed by atoms with Crippen LogP contribution in [-0.2, 0) is 12.7 Å². The third kappa shape index (κ3) is 4.48. The lowest BCUT2D eigenvalue weighted by Crippen LogP contribution is -2.27. The van der Waals surface area contributed by atoms with Crippen LogP contribution in [0.4, 0.5) is 18.9 Å². The molecule has 1 N–H and O–H groups in total. The molecule has 0 fully saturated rings. The van der Waals surface area contributed by atoms with E-state index >= 15 is 0 Å². The number of anilines is 1. The summed E-state index contributed by atoms with van der Waals surface area (Å²) >= 11 is 0. The van der Waals surface area contributed by atoms with Gasteiger partial charge in [-0.1, -0.05) is 0 Å². The summed E-state index contributed by atoms with van der Waals surface area (Å²) in [5, 5.41) is 6.07. The standard InChI is InChI=1S/C15H17F3N4O/c1-21(2)12-5-3-11(4-6-12)14(23)19-8-10-22-9-7-13(20-22)15(16,17)18/h3-7,9H,8,10H2,1-2H3,(H,19,23). The predicted octanol–water partition coefficient (Wildman–Crippen LogP) is 2.40. The third-order valence-electron chi connectivity index (χ3n) is 3.20. The molecule has 0 spiro atoms. The van der Waals surface area contributed by atoms with Crippen molar-refractivity contribution in [2.75, 3.05) is 25.5 Å². The summed E-state index contributed by atoms with van der Waals surface area (Å²) in [6.45, 7) is 0.352. The third-order valence-corrected chi connectivity index (χ3v) is 3.20. The molecule has 5 nitrogen and oxygen atoms in total. The molecule has 124 valence electrons. The molecule has 0 radical (unpaired) electrons. The van der Waals surface area contributed by atoms with Crippen LogP contribution in [0.3, 0.4) is 0 Å². The Morgan fingerprint density at radius 2 is 1.87 bits per heavy atom. The Labute approximate surface area is 131 Å². The average molecular weight is 326 g/mol. The van der Waals surface area contributed by atoms with Gasteiger partial charge in [-0.15, -0.1) is 0 Å². The number of alkyl halides is 3. The van der Waals surface area contributed by atoms with Gasteiger partial charge in [0.2, 0.25) is 0 Å². The Hall–Kier alpha value is -2.51. The van der Waals surface area contributed by atoms with Gasteiger partial charge in [0.15, 0.2) is 5.69 Å². The van der Waals surface area contributed by atoms with Crippen molar-refractivity contribution in [3.05, 3.63) is 47.8 Å². The summed E-state index contributed by atoms with van der Waals surface area (Å²) in [5.41, 5.74) is 0.521. The number of halogens is 3. The van der Waals surface area contributed by atoms with Crippen LogP contribution in [0.2, 0.25) is 0 Å². The minimum absolute atomic E-state index is 0.164. The molecule has 1 aromatic heterocycles. The number of nitrogens with zero attached hydrogens (tertiary/aromatic N) is 3. The van der Waals surface area contributed by atoms with Gasteiger partial charge >= 0.3 is 6.18 Å². The fourth-order valence-electron chi connectivity index (χ4n) is 1.93. The van der Waals surface area contributed by atoms with Gasteiger partial charge in [-0.3, -0.25) is 9.48 Å². The second-order valence-corrected chi connectivity index (χ2v) is 5.16. The molecule has 2 rings (SSSR count). The molecule has 0 saturated carbocycles. The van der Waals surface area contributed by atoms with Crippen molar-refractivity contribution in [2.24, 2.45) is 0 Å². The maximum absolute atomic E-state index is 12.4. The Morgan fingerprint density at radius 3 is 2.39 bits per heavy atom. The number of amides is 1. The summed E-state index contributed by atoms with van der Waals surface area (Å²) in [6.07, 6.45) is -3.22. The summed E-state index contributed by atoms with van der Waals surface area (Å²) in [7, 11) is 3.79. The van der Waals surface area contributed by atoms with E-state index in [1.807, 2.05) is 31.1 Å². The second kappa shape index (κ2) is 6.72. The summed E-state index contributed by atoms with van der Waals surface area (Å²) in [6, 6.07) is 7.93. The summed E-state index contributed by atoms with van der Waals surface area (Å²) in [5.74, 6) is -0.279. The zero-order valence-corrected chi connectivity index (χ0v) is 12.8. The highest BCUT2D eigenvalue weighted by molar-refractivity contribution is 5.94. The zero-order valence-electron chi connectivity index (χ0n) is 12.8. The normalized spacial score (nSPS) is 11.3. The molecule has 1 amide bonds. The molecule has 0 unspecified atom stereocenters. The molecule has 8 heteroatoms. The minimum Gasteiger partial charge on any atom is -0.378 e. The van der Waals surface area contributed by atoms with E-state index in [9.17, 15) is 18.0 Å². The van der Waals surface area contributed by atoms with Gasteiger partial charge in [0.05, 0.1) is 6.54 Å². The second-order valence-electron chi connectivity index (χ2n) is 5.16. The van der Waals surface area contributed by atoms with Gasteiger partial charge in [0, 0.05) is 38.1 Å². The van der Waals surface area contributed by atoms with Gasteiger partial charge < -0.3 is 10.2 Å².